The number of rotatable bonds is 5. The van der Waals surface area contributed by atoms with E-state index in [9.17, 15) is 18.0 Å². The Labute approximate surface area is 130 Å². The summed E-state index contributed by atoms with van der Waals surface area (Å²) in [5, 5.41) is 6.04. The Morgan fingerprint density at radius 1 is 1.30 bits per heavy atom. The first kappa shape index (κ1) is 16.7. The maximum Gasteiger partial charge on any atom is 0.471 e. The van der Waals surface area contributed by atoms with E-state index in [0.717, 1.165) is 5.56 Å². The molecule has 0 spiro atoms. The Bertz CT molecular complexity index is 691. The van der Waals surface area contributed by atoms with Crippen LogP contribution in [0.3, 0.4) is 0 Å². The summed E-state index contributed by atoms with van der Waals surface area (Å²) in [6.45, 7) is 2.16. The SMILES string of the molecule is C/C=C/CC(=O)NCc1ccc(-c2noc(C(F)(F)F)n2)cc1. The topological polar surface area (TPSA) is 68.0 Å². The van der Waals surface area contributed by atoms with Crippen molar-refractivity contribution in [3.8, 4) is 11.4 Å². The molecule has 0 saturated heterocycles. The molecule has 1 aromatic heterocycles. The lowest BCUT2D eigenvalue weighted by Crippen LogP contribution is -2.21. The third-order valence-electron chi connectivity index (χ3n) is 2.91. The number of nitrogens with zero attached hydrogens (tertiary/aromatic N) is 2. The molecule has 1 heterocycles. The number of carbonyl (C=O) groups excluding carboxylic acids is 1. The number of aromatic nitrogens is 2. The summed E-state index contributed by atoms with van der Waals surface area (Å²) in [4.78, 5) is 14.8. The van der Waals surface area contributed by atoms with Gasteiger partial charge in [-0.3, -0.25) is 4.79 Å². The fraction of sp³-hybridized carbons (Fsp3) is 0.267. The fourth-order valence-electron chi connectivity index (χ4n) is 1.73. The van der Waals surface area contributed by atoms with Crippen LogP contribution in [0.15, 0.2) is 40.9 Å². The van der Waals surface area contributed by atoms with Gasteiger partial charge in [-0.2, -0.15) is 18.2 Å². The first-order valence-electron chi connectivity index (χ1n) is 6.78. The van der Waals surface area contributed by atoms with Crippen LogP contribution in [-0.4, -0.2) is 16.0 Å². The highest BCUT2D eigenvalue weighted by molar-refractivity contribution is 5.77. The van der Waals surface area contributed by atoms with Crippen LogP contribution in [0.4, 0.5) is 13.2 Å². The number of carbonyl (C=O) groups is 1. The Morgan fingerprint density at radius 3 is 2.57 bits per heavy atom. The summed E-state index contributed by atoms with van der Waals surface area (Å²) in [5.74, 6) is -1.63. The summed E-state index contributed by atoms with van der Waals surface area (Å²) >= 11 is 0. The smallest absolute Gasteiger partial charge is 0.352 e. The second-order valence-electron chi connectivity index (χ2n) is 4.67. The van der Waals surface area contributed by atoms with Crippen LogP contribution < -0.4 is 5.32 Å². The van der Waals surface area contributed by atoms with Crippen LogP contribution in [-0.2, 0) is 17.5 Å². The van der Waals surface area contributed by atoms with Gasteiger partial charge >= 0.3 is 12.1 Å². The summed E-state index contributed by atoms with van der Waals surface area (Å²) in [6.07, 6.45) is -0.832. The predicted molar refractivity (Wildman–Crippen MR) is 76.0 cm³/mol. The lowest BCUT2D eigenvalue weighted by atomic mass is 10.1. The number of benzene rings is 1. The van der Waals surface area contributed by atoms with Crippen molar-refractivity contribution in [3.63, 3.8) is 0 Å². The van der Waals surface area contributed by atoms with Crippen molar-refractivity contribution >= 4 is 5.91 Å². The van der Waals surface area contributed by atoms with Crippen molar-refractivity contribution in [1.82, 2.24) is 15.5 Å². The minimum Gasteiger partial charge on any atom is -0.352 e. The summed E-state index contributed by atoms with van der Waals surface area (Å²) < 4.78 is 41.4. The minimum atomic E-state index is -4.66. The Kier molecular flexibility index (Phi) is 5.15. The molecule has 1 amide bonds. The molecule has 2 aromatic rings. The second kappa shape index (κ2) is 7.08. The number of amides is 1. The molecule has 0 saturated carbocycles. The number of hydrogen-bond donors (Lipinski definition) is 1. The van der Waals surface area contributed by atoms with Gasteiger partial charge in [-0.1, -0.05) is 41.6 Å². The number of nitrogens with one attached hydrogen (secondary N) is 1. The minimum absolute atomic E-state index is 0.111. The molecule has 0 aliphatic heterocycles. The van der Waals surface area contributed by atoms with E-state index >= 15 is 0 Å². The zero-order valence-electron chi connectivity index (χ0n) is 12.2. The molecule has 0 unspecified atom stereocenters. The van der Waals surface area contributed by atoms with Crippen molar-refractivity contribution in [1.29, 1.82) is 0 Å². The molecule has 1 aromatic carbocycles. The third kappa shape index (κ3) is 4.67. The highest BCUT2D eigenvalue weighted by Crippen LogP contribution is 2.29. The average Bonchev–Trinajstić information content (AvgIpc) is 3.01. The molecule has 0 radical (unpaired) electrons. The van der Waals surface area contributed by atoms with Crippen LogP contribution in [0.2, 0.25) is 0 Å². The first-order valence-corrected chi connectivity index (χ1v) is 6.78. The molecule has 0 aliphatic carbocycles. The number of halogens is 3. The lowest BCUT2D eigenvalue weighted by Gasteiger charge is -2.04. The standard InChI is InChI=1S/C15H14F3N3O2/c1-2-3-4-12(22)19-9-10-5-7-11(8-6-10)13-20-14(23-21-13)15(16,17)18/h2-3,5-8H,4,9H2,1H3,(H,19,22)/b3-2+. The largest absolute Gasteiger partial charge is 0.471 e. The quantitative estimate of drug-likeness (QED) is 0.856. The van der Waals surface area contributed by atoms with Crippen molar-refractivity contribution in [2.45, 2.75) is 26.1 Å². The van der Waals surface area contributed by atoms with Gasteiger partial charge in [0.05, 0.1) is 0 Å². The van der Waals surface area contributed by atoms with Crippen LogP contribution in [0.25, 0.3) is 11.4 Å². The maximum absolute atomic E-state index is 12.4. The van der Waals surface area contributed by atoms with E-state index in [4.69, 9.17) is 0 Å². The van der Waals surface area contributed by atoms with Crippen molar-refractivity contribution < 1.29 is 22.5 Å². The molecule has 23 heavy (non-hydrogen) atoms. The number of alkyl halides is 3. The van der Waals surface area contributed by atoms with Crippen LogP contribution in [0.1, 0.15) is 24.8 Å². The van der Waals surface area contributed by atoms with Gasteiger partial charge in [-0.15, -0.1) is 0 Å². The Balaban J connectivity index is 1.99. The number of allylic oxidation sites excluding steroid dienone is 1. The normalized spacial score (nSPS) is 11.8. The van der Waals surface area contributed by atoms with Gasteiger partial charge in [0.1, 0.15) is 0 Å². The molecular weight excluding hydrogens is 311 g/mol. The molecular formula is C15H14F3N3O2. The van der Waals surface area contributed by atoms with Crippen LogP contribution in [0, 0.1) is 0 Å². The lowest BCUT2D eigenvalue weighted by molar-refractivity contribution is -0.159. The van der Waals surface area contributed by atoms with Gasteiger partial charge in [0.15, 0.2) is 0 Å². The molecule has 122 valence electrons. The van der Waals surface area contributed by atoms with E-state index in [1.54, 1.807) is 36.4 Å². The molecule has 0 bridgehead atoms. The van der Waals surface area contributed by atoms with Crippen molar-refractivity contribution in [3.05, 3.63) is 47.9 Å². The molecule has 5 nitrogen and oxygen atoms in total. The molecule has 2 rings (SSSR count). The molecule has 0 fully saturated rings. The van der Waals surface area contributed by atoms with Gasteiger partial charge in [-0.05, 0) is 12.5 Å². The van der Waals surface area contributed by atoms with E-state index < -0.39 is 12.1 Å². The van der Waals surface area contributed by atoms with E-state index in [2.05, 4.69) is 20.0 Å². The summed E-state index contributed by atoms with van der Waals surface area (Å²) in [6, 6.07) is 6.49. The van der Waals surface area contributed by atoms with E-state index in [1.165, 1.54) is 0 Å². The van der Waals surface area contributed by atoms with Gasteiger partial charge < -0.3 is 9.84 Å². The van der Waals surface area contributed by atoms with Gasteiger partial charge in [0.25, 0.3) is 0 Å². The monoisotopic (exact) mass is 325 g/mol. The van der Waals surface area contributed by atoms with Gasteiger partial charge in [-0.25, -0.2) is 0 Å². The maximum atomic E-state index is 12.4. The van der Waals surface area contributed by atoms with Crippen LogP contribution in [0.5, 0.6) is 0 Å². The summed E-state index contributed by atoms with van der Waals surface area (Å²) in [5.41, 5.74) is 1.20. The van der Waals surface area contributed by atoms with E-state index in [1.807, 2.05) is 6.92 Å². The van der Waals surface area contributed by atoms with Gasteiger partial charge in [0, 0.05) is 18.5 Å². The molecule has 0 atom stereocenters. The first-order chi connectivity index (χ1) is 10.9. The third-order valence-corrected chi connectivity index (χ3v) is 2.91. The zero-order valence-corrected chi connectivity index (χ0v) is 12.2. The van der Waals surface area contributed by atoms with Crippen LogP contribution >= 0.6 is 0 Å². The van der Waals surface area contributed by atoms with Crippen molar-refractivity contribution in [2.24, 2.45) is 0 Å². The molecule has 8 heteroatoms. The molecule has 0 aliphatic rings. The second-order valence-corrected chi connectivity index (χ2v) is 4.67. The van der Waals surface area contributed by atoms with Gasteiger partial charge in [0.2, 0.25) is 11.7 Å². The highest BCUT2D eigenvalue weighted by Gasteiger charge is 2.38. The summed E-state index contributed by atoms with van der Waals surface area (Å²) in [7, 11) is 0. The van der Waals surface area contributed by atoms with E-state index in [0.29, 0.717) is 18.5 Å². The molecule has 1 N–H and O–H groups in total. The van der Waals surface area contributed by atoms with Crippen molar-refractivity contribution in [2.75, 3.05) is 0 Å². The predicted octanol–water partition coefficient (Wildman–Crippen LogP) is 3.34. The fourth-order valence-corrected chi connectivity index (χ4v) is 1.73. The van der Waals surface area contributed by atoms with E-state index in [-0.39, 0.29) is 11.7 Å². The average molecular weight is 325 g/mol. The zero-order chi connectivity index (χ0) is 16.9. The Hall–Kier alpha value is -2.64. The highest BCUT2D eigenvalue weighted by atomic mass is 19.4. The Morgan fingerprint density at radius 2 is 2.00 bits per heavy atom. The number of hydrogen-bond acceptors (Lipinski definition) is 4.